The summed E-state index contributed by atoms with van der Waals surface area (Å²) in [5.74, 6) is 0. The van der Waals surface area contributed by atoms with Gasteiger partial charge in [0, 0.05) is 0 Å². The van der Waals surface area contributed by atoms with Crippen molar-refractivity contribution in [2.45, 2.75) is 5.25 Å². The molecule has 0 spiro atoms. The van der Waals surface area contributed by atoms with E-state index >= 15 is 0 Å². The van der Waals surface area contributed by atoms with Crippen LogP contribution in [-0.4, -0.2) is 27.7 Å². The summed E-state index contributed by atoms with van der Waals surface area (Å²) in [5, 5.41) is -0.429. The molecule has 0 N–H and O–H groups in total. The minimum Gasteiger partial charge on any atom is -0.280 e. The lowest BCUT2D eigenvalue weighted by Gasteiger charge is -1.97. The van der Waals surface area contributed by atoms with Gasteiger partial charge in [0.25, 0.3) is 0 Å². The zero-order valence-corrected chi connectivity index (χ0v) is 7.72. The molecule has 0 saturated heterocycles. The molecule has 1 aliphatic rings. The van der Waals surface area contributed by atoms with Gasteiger partial charge in [-0.2, -0.15) is 0 Å². The lowest BCUT2D eigenvalue weighted by Crippen LogP contribution is -2.10. The summed E-state index contributed by atoms with van der Waals surface area (Å²) in [5.41, 5.74) is 0. The van der Waals surface area contributed by atoms with E-state index in [9.17, 15) is 4.79 Å². The van der Waals surface area contributed by atoms with E-state index in [1.54, 1.807) is 11.8 Å². The normalized spacial score (nSPS) is 24.6. The lowest BCUT2D eigenvalue weighted by atomic mass is 10.5. The smallest absolute Gasteiger partial charge is 0.236 e. The van der Waals surface area contributed by atoms with Crippen molar-refractivity contribution in [3.05, 3.63) is 0 Å². The van der Waals surface area contributed by atoms with E-state index in [0.717, 1.165) is 4.38 Å². The van der Waals surface area contributed by atoms with Crippen LogP contribution in [0.4, 0.5) is 0 Å². The maximum absolute atomic E-state index is 10.6. The molecule has 0 saturated carbocycles. The molecule has 10 heavy (non-hydrogen) atoms. The molecule has 0 fully saturated rings. The standard InChI is InChI=1S/C5H6ClNOS2/c1-9-5-7-2-3(10-5)4(6)8/h3H,2H2,1H3. The average Bonchev–Trinajstić information content (AvgIpc) is 2.34. The minimum absolute atomic E-state index is 0.135. The Hall–Kier alpha value is 0.330. The maximum Gasteiger partial charge on any atom is 0.236 e. The summed E-state index contributed by atoms with van der Waals surface area (Å²) < 4.78 is 0.957. The molecule has 1 unspecified atom stereocenters. The first-order valence-corrected chi connectivity index (χ1v) is 5.16. The number of aliphatic imine (C=N–C) groups is 1. The van der Waals surface area contributed by atoms with Gasteiger partial charge < -0.3 is 0 Å². The number of hydrogen-bond donors (Lipinski definition) is 0. The summed E-state index contributed by atoms with van der Waals surface area (Å²) in [4.78, 5) is 14.7. The first-order chi connectivity index (χ1) is 4.74. The predicted octanol–water partition coefficient (Wildman–Crippen LogP) is 1.59. The van der Waals surface area contributed by atoms with Crippen LogP contribution in [0, 0.1) is 0 Å². The minimum atomic E-state index is -0.294. The molecule has 2 nitrogen and oxygen atoms in total. The van der Waals surface area contributed by atoms with Crippen molar-refractivity contribution in [1.82, 2.24) is 0 Å². The Kier molecular flexibility index (Phi) is 3.07. The Labute approximate surface area is 72.8 Å². The molecule has 0 amide bonds. The summed E-state index contributed by atoms with van der Waals surface area (Å²) in [6, 6.07) is 0. The highest BCUT2D eigenvalue weighted by Crippen LogP contribution is 2.27. The van der Waals surface area contributed by atoms with Crippen LogP contribution in [-0.2, 0) is 4.79 Å². The second-order valence-corrected chi connectivity index (χ2v) is 4.34. The Morgan fingerprint density at radius 3 is 3.00 bits per heavy atom. The molecular formula is C5H6ClNOS2. The number of halogens is 1. The molecule has 1 aliphatic heterocycles. The number of carbonyl (C=O) groups is 1. The van der Waals surface area contributed by atoms with Crippen molar-refractivity contribution in [2.24, 2.45) is 4.99 Å². The van der Waals surface area contributed by atoms with E-state index < -0.39 is 0 Å². The van der Waals surface area contributed by atoms with E-state index in [-0.39, 0.29) is 10.5 Å². The number of thioether (sulfide) groups is 2. The molecule has 0 bridgehead atoms. The molecular weight excluding hydrogens is 190 g/mol. The van der Waals surface area contributed by atoms with Crippen LogP contribution in [0.15, 0.2) is 4.99 Å². The van der Waals surface area contributed by atoms with Gasteiger partial charge >= 0.3 is 0 Å². The third-order valence-electron chi connectivity index (χ3n) is 1.06. The number of carbonyl (C=O) groups excluding carboxylic acids is 1. The number of nitrogens with zero attached hydrogens (tertiary/aromatic N) is 1. The van der Waals surface area contributed by atoms with Gasteiger partial charge in [0.2, 0.25) is 5.24 Å². The fourth-order valence-corrected chi connectivity index (χ4v) is 2.36. The van der Waals surface area contributed by atoms with Crippen LogP contribution in [0.1, 0.15) is 0 Å². The fraction of sp³-hybridized carbons (Fsp3) is 0.600. The van der Waals surface area contributed by atoms with Gasteiger partial charge in [-0.3, -0.25) is 9.79 Å². The molecule has 0 aliphatic carbocycles. The monoisotopic (exact) mass is 195 g/mol. The molecule has 0 radical (unpaired) electrons. The van der Waals surface area contributed by atoms with Crippen molar-refractivity contribution in [3.63, 3.8) is 0 Å². The molecule has 0 aromatic carbocycles. The molecule has 1 atom stereocenters. The third-order valence-corrected chi connectivity index (χ3v) is 3.70. The van der Waals surface area contributed by atoms with Gasteiger partial charge in [0.05, 0.1) is 6.54 Å². The fourth-order valence-electron chi connectivity index (χ4n) is 0.584. The Balaban J connectivity index is 2.43. The molecule has 0 aromatic heterocycles. The first kappa shape index (κ1) is 8.43. The van der Waals surface area contributed by atoms with Crippen molar-refractivity contribution in [1.29, 1.82) is 0 Å². The van der Waals surface area contributed by atoms with Crippen LogP contribution in [0.2, 0.25) is 0 Å². The van der Waals surface area contributed by atoms with Gasteiger partial charge in [-0.05, 0) is 17.9 Å². The van der Waals surface area contributed by atoms with Crippen LogP contribution in [0.3, 0.4) is 0 Å². The topological polar surface area (TPSA) is 29.4 Å². The van der Waals surface area contributed by atoms with Gasteiger partial charge in [0.15, 0.2) is 0 Å². The van der Waals surface area contributed by atoms with Gasteiger partial charge in [-0.25, -0.2) is 0 Å². The number of rotatable bonds is 1. The summed E-state index contributed by atoms with van der Waals surface area (Å²) in [6.07, 6.45) is 1.94. The zero-order chi connectivity index (χ0) is 7.56. The second kappa shape index (κ2) is 3.64. The Morgan fingerprint density at radius 2 is 2.70 bits per heavy atom. The average molecular weight is 196 g/mol. The third kappa shape index (κ3) is 1.90. The van der Waals surface area contributed by atoms with Crippen LogP contribution in [0.25, 0.3) is 0 Å². The largest absolute Gasteiger partial charge is 0.280 e. The van der Waals surface area contributed by atoms with Crippen LogP contribution >= 0.6 is 35.1 Å². The quantitative estimate of drug-likeness (QED) is 0.596. The van der Waals surface area contributed by atoms with E-state index in [0.29, 0.717) is 6.54 Å². The predicted molar refractivity (Wildman–Crippen MR) is 48.1 cm³/mol. The van der Waals surface area contributed by atoms with Gasteiger partial charge in [-0.15, -0.1) is 11.8 Å². The van der Waals surface area contributed by atoms with Crippen molar-refractivity contribution in [3.8, 4) is 0 Å². The molecule has 56 valence electrons. The van der Waals surface area contributed by atoms with Gasteiger partial charge in [0.1, 0.15) is 9.63 Å². The van der Waals surface area contributed by atoms with Crippen LogP contribution < -0.4 is 0 Å². The van der Waals surface area contributed by atoms with Gasteiger partial charge in [-0.1, -0.05) is 11.8 Å². The second-order valence-electron chi connectivity index (χ2n) is 1.72. The summed E-state index contributed by atoms with van der Waals surface area (Å²) in [6.45, 7) is 0.545. The highest BCUT2D eigenvalue weighted by molar-refractivity contribution is 8.39. The Morgan fingerprint density at radius 1 is 2.00 bits per heavy atom. The van der Waals surface area contributed by atoms with Crippen molar-refractivity contribution in [2.75, 3.05) is 12.8 Å². The molecule has 1 rings (SSSR count). The Bertz CT molecular complexity index is 182. The molecule has 5 heteroatoms. The number of hydrogen-bond acceptors (Lipinski definition) is 4. The zero-order valence-electron chi connectivity index (χ0n) is 5.33. The first-order valence-electron chi connectivity index (χ1n) is 2.68. The van der Waals surface area contributed by atoms with Crippen molar-refractivity contribution < 1.29 is 4.79 Å². The molecule has 1 heterocycles. The highest BCUT2D eigenvalue weighted by Gasteiger charge is 2.24. The molecule has 0 aromatic rings. The van der Waals surface area contributed by atoms with Crippen LogP contribution in [0.5, 0.6) is 0 Å². The maximum atomic E-state index is 10.6. The SMILES string of the molecule is CSC1=NCC(C(=O)Cl)S1. The van der Waals surface area contributed by atoms with E-state index in [1.807, 2.05) is 6.26 Å². The lowest BCUT2D eigenvalue weighted by molar-refractivity contribution is -0.111. The van der Waals surface area contributed by atoms with E-state index in [1.165, 1.54) is 11.8 Å². The summed E-state index contributed by atoms with van der Waals surface area (Å²) in [7, 11) is 0. The summed E-state index contributed by atoms with van der Waals surface area (Å²) >= 11 is 8.27. The highest BCUT2D eigenvalue weighted by atomic mass is 35.5. The van der Waals surface area contributed by atoms with E-state index in [2.05, 4.69) is 4.99 Å². The van der Waals surface area contributed by atoms with E-state index in [4.69, 9.17) is 11.6 Å². The van der Waals surface area contributed by atoms with Crippen molar-refractivity contribution >= 4 is 44.7 Å².